The van der Waals surface area contributed by atoms with Crippen molar-refractivity contribution in [1.29, 1.82) is 0 Å². The van der Waals surface area contributed by atoms with Crippen LogP contribution in [0, 0.1) is 11.3 Å². The second kappa shape index (κ2) is 6.41. The van der Waals surface area contributed by atoms with Crippen molar-refractivity contribution < 1.29 is 4.74 Å². The number of nitrogens with two attached hydrogens (primary N) is 1. The van der Waals surface area contributed by atoms with E-state index < -0.39 is 0 Å². The molecule has 1 fully saturated rings. The van der Waals surface area contributed by atoms with Crippen LogP contribution in [0.2, 0.25) is 0 Å². The van der Waals surface area contributed by atoms with E-state index in [0.29, 0.717) is 17.9 Å². The Labute approximate surface area is 111 Å². The topological polar surface area (TPSA) is 59.6 Å². The predicted molar refractivity (Wildman–Crippen MR) is 76.7 cm³/mol. The van der Waals surface area contributed by atoms with E-state index in [1.165, 1.54) is 6.42 Å². The van der Waals surface area contributed by atoms with Crippen molar-refractivity contribution in [3.63, 3.8) is 0 Å². The molecule has 4 nitrogen and oxygen atoms in total. The lowest BCUT2D eigenvalue weighted by molar-refractivity contribution is -0.0823. The summed E-state index contributed by atoms with van der Waals surface area (Å²) in [6.45, 7) is 12.4. The van der Waals surface area contributed by atoms with Gasteiger partial charge in [0.2, 0.25) is 0 Å². The van der Waals surface area contributed by atoms with Crippen LogP contribution in [0.5, 0.6) is 0 Å². The first-order valence-electron chi connectivity index (χ1n) is 6.98. The molecule has 1 heterocycles. The molecule has 0 aromatic heterocycles. The summed E-state index contributed by atoms with van der Waals surface area (Å²) in [5.41, 5.74) is 6.01. The molecule has 0 spiro atoms. The summed E-state index contributed by atoms with van der Waals surface area (Å²) in [6, 6.07) is 0.328. The molecular formula is C14H29N3O. The molecule has 1 saturated heterocycles. The van der Waals surface area contributed by atoms with Gasteiger partial charge in [0.15, 0.2) is 5.96 Å². The van der Waals surface area contributed by atoms with Crippen molar-refractivity contribution in [3.8, 4) is 0 Å². The van der Waals surface area contributed by atoms with E-state index in [9.17, 15) is 0 Å². The van der Waals surface area contributed by atoms with E-state index in [0.717, 1.165) is 19.6 Å². The minimum Gasteiger partial charge on any atom is -0.377 e. The summed E-state index contributed by atoms with van der Waals surface area (Å²) in [6.07, 6.45) is 2.59. The third-order valence-electron chi connectivity index (χ3n) is 3.23. The van der Waals surface area contributed by atoms with Crippen LogP contribution in [0.15, 0.2) is 4.99 Å². The summed E-state index contributed by atoms with van der Waals surface area (Å²) in [5, 5.41) is 3.12. The van der Waals surface area contributed by atoms with Crippen LogP contribution in [-0.2, 0) is 4.74 Å². The van der Waals surface area contributed by atoms with Crippen LogP contribution < -0.4 is 11.1 Å². The van der Waals surface area contributed by atoms with Crippen molar-refractivity contribution in [1.82, 2.24) is 5.32 Å². The zero-order chi connectivity index (χ0) is 13.8. The van der Waals surface area contributed by atoms with E-state index >= 15 is 0 Å². The Morgan fingerprint density at radius 3 is 2.67 bits per heavy atom. The second-order valence-electron chi connectivity index (χ2n) is 6.58. The highest BCUT2D eigenvalue weighted by Crippen LogP contribution is 2.34. The molecule has 2 unspecified atom stereocenters. The van der Waals surface area contributed by atoms with Crippen molar-refractivity contribution in [2.24, 2.45) is 22.1 Å². The van der Waals surface area contributed by atoms with Gasteiger partial charge in [-0.1, -0.05) is 20.8 Å². The van der Waals surface area contributed by atoms with Crippen molar-refractivity contribution in [2.75, 3.05) is 13.2 Å². The zero-order valence-corrected chi connectivity index (χ0v) is 12.5. The minimum absolute atomic E-state index is 0.168. The van der Waals surface area contributed by atoms with Gasteiger partial charge in [-0.2, -0.15) is 0 Å². The fourth-order valence-electron chi connectivity index (χ4n) is 2.54. The maximum atomic E-state index is 5.94. The van der Waals surface area contributed by atoms with Gasteiger partial charge >= 0.3 is 0 Å². The average molecular weight is 255 g/mol. The lowest BCUT2D eigenvalue weighted by atomic mass is 9.78. The smallest absolute Gasteiger partial charge is 0.188 e. The molecule has 106 valence electrons. The zero-order valence-electron chi connectivity index (χ0n) is 12.5. The van der Waals surface area contributed by atoms with Crippen molar-refractivity contribution in [2.45, 2.75) is 59.6 Å². The highest BCUT2D eigenvalue weighted by molar-refractivity contribution is 5.78. The van der Waals surface area contributed by atoms with Crippen molar-refractivity contribution in [3.05, 3.63) is 0 Å². The number of nitrogens with one attached hydrogen (secondary N) is 1. The molecular weight excluding hydrogens is 226 g/mol. The first kappa shape index (κ1) is 15.3. The molecule has 1 rings (SSSR count). The Morgan fingerprint density at radius 1 is 1.44 bits per heavy atom. The molecule has 4 heteroatoms. The summed E-state index contributed by atoms with van der Waals surface area (Å²) in [5.74, 6) is 1.02. The Morgan fingerprint density at radius 2 is 2.11 bits per heavy atom. The van der Waals surface area contributed by atoms with Gasteiger partial charge in [-0.05, 0) is 32.1 Å². The highest BCUT2D eigenvalue weighted by atomic mass is 16.5. The van der Waals surface area contributed by atoms with Gasteiger partial charge < -0.3 is 15.8 Å². The fraction of sp³-hybridized carbons (Fsp3) is 0.929. The third kappa shape index (κ3) is 4.84. The molecule has 1 aliphatic rings. The van der Waals surface area contributed by atoms with E-state index in [1.807, 2.05) is 0 Å². The number of nitrogens with zero attached hydrogens (tertiary/aromatic N) is 1. The van der Waals surface area contributed by atoms with Crippen LogP contribution in [0.4, 0.5) is 0 Å². The van der Waals surface area contributed by atoms with Gasteiger partial charge in [0, 0.05) is 25.1 Å². The summed E-state index contributed by atoms with van der Waals surface area (Å²) in [7, 11) is 0. The van der Waals surface area contributed by atoms with Crippen LogP contribution in [0.25, 0.3) is 0 Å². The van der Waals surface area contributed by atoms with Gasteiger partial charge in [-0.25, -0.2) is 0 Å². The first-order valence-corrected chi connectivity index (χ1v) is 6.98. The normalized spacial score (nSPS) is 26.4. The molecule has 0 aromatic carbocycles. The molecule has 0 aliphatic carbocycles. The Kier molecular flexibility index (Phi) is 5.45. The standard InChI is InChI=1S/C14H29N3O/c1-10(2)17-13(15)16-9-11-7-6-8-18-12(11)14(3,4)5/h10-12H,6-9H2,1-5H3,(H3,15,16,17). The van der Waals surface area contributed by atoms with E-state index in [4.69, 9.17) is 10.5 Å². The largest absolute Gasteiger partial charge is 0.377 e. The number of rotatable bonds is 3. The van der Waals surface area contributed by atoms with Gasteiger partial charge in [-0.3, -0.25) is 4.99 Å². The number of ether oxygens (including phenoxy) is 1. The van der Waals surface area contributed by atoms with Gasteiger partial charge in [0.1, 0.15) is 0 Å². The molecule has 2 atom stereocenters. The van der Waals surface area contributed by atoms with E-state index in [2.05, 4.69) is 44.9 Å². The predicted octanol–water partition coefficient (Wildman–Crippen LogP) is 2.14. The summed E-state index contributed by atoms with van der Waals surface area (Å²) in [4.78, 5) is 4.46. The number of hydrogen-bond acceptors (Lipinski definition) is 2. The van der Waals surface area contributed by atoms with Crippen molar-refractivity contribution >= 4 is 5.96 Å². The summed E-state index contributed by atoms with van der Waals surface area (Å²) < 4.78 is 5.94. The maximum absolute atomic E-state index is 5.94. The Hall–Kier alpha value is -0.770. The van der Waals surface area contributed by atoms with Gasteiger partial charge in [0.05, 0.1) is 6.10 Å². The van der Waals surface area contributed by atoms with Gasteiger partial charge in [-0.15, -0.1) is 0 Å². The molecule has 0 radical (unpaired) electrons. The van der Waals surface area contributed by atoms with E-state index in [-0.39, 0.29) is 11.5 Å². The molecule has 18 heavy (non-hydrogen) atoms. The molecule has 1 aliphatic heterocycles. The Balaban J connectivity index is 2.57. The molecule has 0 amide bonds. The summed E-state index contributed by atoms with van der Waals surface area (Å²) >= 11 is 0. The maximum Gasteiger partial charge on any atom is 0.188 e. The van der Waals surface area contributed by atoms with Crippen LogP contribution in [0.3, 0.4) is 0 Å². The average Bonchev–Trinajstić information content (AvgIpc) is 2.24. The van der Waals surface area contributed by atoms with Gasteiger partial charge in [0.25, 0.3) is 0 Å². The van der Waals surface area contributed by atoms with Crippen LogP contribution in [0.1, 0.15) is 47.5 Å². The fourth-order valence-corrected chi connectivity index (χ4v) is 2.54. The molecule has 0 bridgehead atoms. The number of guanidine groups is 1. The monoisotopic (exact) mass is 255 g/mol. The second-order valence-corrected chi connectivity index (χ2v) is 6.58. The molecule has 0 saturated carbocycles. The third-order valence-corrected chi connectivity index (χ3v) is 3.23. The van der Waals surface area contributed by atoms with Crippen LogP contribution >= 0.6 is 0 Å². The molecule has 3 N–H and O–H groups in total. The number of hydrogen-bond donors (Lipinski definition) is 2. The van der Waals surface area contributed by atoms with E-state index in [1.54, 1.807) is 0 Å². The number of aliphatic imine (C=N–C) groups is 1. The quantitative estimate of drug-likeness (QED) is 0.600. The lowest BCUT2D eigenvalue weighted by Crippen LogP contribution is -2.42. The minimum atomic E-state index is 0.168. The lowest BCUT2D eigenvalue weighted by Gasteiger charge is -2.39. The highest BCUT2D eigenvalue weighted by Gasteiger charge is 2.35. The SMILES string of the molecule is CC(C)NC(N)=NCC1CCCOC1C(C)(C)C. The first-order chi connectivity index (χ1) is 8.30. The Bertz CT molecular complexity index is 281. The van der Waals surface area contributed by atoms with Crippen LogP contribution in [-0.4, -0.2) is 31.3 Å². The molecule has 0 aromatic rings.